The molecule has 1 aliphatic heterocycles. The largest absolute Gasteiger partial charge is 0.437 e. The molecule has 1 fully saturated rings. The fraction of sp³-hybridized carbons (Fsp3) is 0.486. The van der Waals surface area contributed by atoms with Gasteiger partial charge in [0.15, 0.2) is 11.5 Å². The predicted molar refractivity (Wildman–Crippen MR) is 201 cm³/mol. The van der Waals surface area contributed by atoms with Gasteiger partial charge in [-0.1, -0.05) is 45.9 Å². The molecule has 0 radical (unpaired) electrons. The number of para-hydroxylation sites is 1. The third kappa shape index (κ3) is 11.1. The van der Waals surface area contributed by atoms with Gasteiger partial charge in [-0.25, -0.2) is 13.4 Å². The smallest absolute Gasteiger partial charge is 0.229 e. The summed E-state index contributed by atoms with van der Waals surface area (Å²) in [5.41, 5.74) is 10.1. The molecule has 0 bridgehead atoms. The molecule has 5 rings (SSSR count). The van der Waals surface area contributed by atoms with Crippen LogP contribution in [0.15, 0.2) is 48.7 Å². The Morgan fingerprint density at radius 1 is 1.04 bits per heavy atom. The standard InChI is InChI=1S/C22H27N5O2.C14H23NO2S.CH5N/c1-16(28)18-15-17-5-4-6-19(22(17)26(18)3)29-21-7-9-23-20(24-21)8-10-27-13-11-25(2)12-14-27;1-7-12-10(2)8-11(14(3,4)5)9-13(12)15-18(6,16)17;1-2/h4-7,9,15H,8,10-14H2,1-3H3;8-9,15H,7H2,1-6H3;2H2,1H3. The summed E-state index contributed by atoms with van der Waals surface area (Å²) in [4.78, 5) is 25.7. The number of ketones is 1. The number of aromatic nitrogens is 3. The van der Waals surface area contributed by atoms with Crippen LogP contribution < -0.4 is 15.2 Å². The second-order valence-corrected chi connectivity index (χ2v) is 15.2. The molecule has 1 saturated heterocycles. The quantitative estimate of drug-likeness (QED) is 0.216. The SMILES string of the molecule is CC(=O)c1cc2cccc(Oc3ccnc(CCN4CCN(C)CC4)n3)c2n1C.CCc1c(C)cc(C(C)(C)C)cc1NS(C)(=O)=O.CN. The molecule has 3 heterocycles. The van der Waals surface area contributed by atoms with Gasteiger partial charge in [-0.05, 0) is 67.7 Å². The van der Waals surface area contributed by atoms with Crippen LogP contribution in [0.4, 0.5) is 5.69 Å². The minimum Gasteiger partial charge on any atom is -0.437 e. The number of nitrogens with zero attached hydrogens (tertiary/aromatic N) is 5. The fourth-order valence-electron chi connectivity index (χ4n) is 5.81. The molecule has 0 aliphatic carbocycles. The highest BCUT2D eigenvalue weighted by Crippen LogP contribution is 2.32. The first kappa shape index (κ1) is 39.6. The normalized spacial score (nSPS) is 14.0. The maximum absolute atomic E-state index is 11.9. The summed E-state index contributed by atoms with van der Waals surface area (Å²) in [6.45, 7) is 17.3. The molecule has 0 unspecified atom stereocenters. The highest BCUT2D eigenvalue weighted by molar-refractivity contribution is 7.92. The average Bonchev–Trinajstić information content (AvgIpc) is 3.38. The molecule has 0 spiro atoms. The fourth-order valence-corrected chi connectivity index (χ4v) is 6.39. The second kappa shape index (κ2) is 17.2. The lowest BCUT2D eigenvalue weighted by atomic mass is 9.84. The summed E-state index contributed by atoms with van der Waals surface area (Å²) >= 11 is 0. The van der Waals surface area contributed by atoms with Crippen molar-refractivity contribution in [3.05, 3.63) is 76.9 Å². The lowest BCUT2D eigenvalue weighted by molar-refractivity contribution is 0.101. The van der Waals surface area contributed by atoms with Crippen molar-refractivity contribution >= 4 is 32.4 Å². The van der Waals surface area contributed by atoms with Crippen molar-refractivity contribution in [3.63, 3.8) is 0 Å². The molecule has 4 aromatic rings. The van der Waals surface area contributed by atoms with E-state index in [1.54, 1.807) is 19.2 Å². The number of carbonyl (C=O) groups excluding carboxylic acids is 1. The first-order valence-corrected chi connectivity index (χ1v) is 18.6. The van der Waals surface area contributed by atoms with E-state index in [0.717, 1.165) is 79.0 Å². The summed E-state index contributed by atoms with van der Waals surface area (Å²) in [6, 6.07) is 13.6. The summed E-state index contributed by atoms with van der Waals surface area (Å²) in [5.74, 6) is 2.01. The molecule has 12 heteroatoms. The Balaban J connectivity index is 0.000000281. The molecule has 1 aliphatic rings. The Labute approximate surface area is 292 Å². The van der Waals surface area contributed by atoms with Gasteiger partial charge >= 0.3 is 0 Å². The number of likely N-dealkylation sites (N-methyl/N-ethyl adjacent to an activating group) is 1. The average molecular weight is 694 g/mol. The molecule has 3 N–H and O–H groups in total. The lowest BCUT2D eigenvalue weighted by Gasteiger charge is -2.32. The van der Waals surface area contributed by atoms with Gasteiger partial charge < -0.3 is 24.8 Å². The van der Waals surface area contributed by atoms with Crippen molar-refractivity contribution in [2.24, 2.45) is 12.8 Å². The van der Waals surface area contributed by atoms with Crippen LogP contribution in [0.3, 0.4) is 0 Å². The van der Waals surface area contributed by atoms with Gasteiger partial charge in [-0.15, -0.1) is 0 Å². The van der Waals surface area contributed by atoms with Crippen molar-refractivity contribution in [3.8, 4) is 11.6 Å². The van der Waals surface area contributed by atoms with E-state index in [9.17, 15) is 13.2 Å². The number of benzene rings is 2. The number of rotatable bonds is 9. The number of fused-ring (bicyclic) bond motifs is 1. The second-order valence-electron chi connectivity index (χ2n) is 13.4. The van der Waals surface area contributed by atoms with Gasteiger partial charge in [0, 0.05) is 70.8 Å². The maximum Gasteiger partial charge on any atom is 0.229 e. The summed E-state index contributed by atoms with van der Waals surface area (Å²) in [7, 11) is 2.30. The van der Waals surface area contributed by atoms with E-state index in [1.165, 1.54) is 13.3 Å². The molecule has 0 saturated carbocycles. The van der Waals surface area contributed by atoms with Crippen LogP contribution in [0.2, 0.25) is 0 Å². The van der Waals surface area contributed by atoms with Crippen LogP contribution >= 0.6 is 0 Å². The van der Waals surface area contributed by atoms with Gasteiger partial charge in [-0.3, -0.25) is 9.52 Å². The zero-order valence-corrected chi connectivity index (χ0v) is 31.7. The highest BCUT2D eigenvalue weighted by Gasteiger charge is 2.19. The van der Waals surface area contributed by atoms with Gasteiger partial charge in [0.2, 0.25) is 15.9 Å². The van der Waals surface area contributed by atoms with Crippen LogP contribution in [-0.2, 0) is 35.3 Å². The first-order valence-electron chi connectivity index (χ1n) is 16.7. The van der Waals surface area contributed by atoms with Crippen LogP contribution in [0.5, 0.6) is 11.6 Å². The Morgan fingerprint density at radius 3 is 2.31 bits per heavy atom. The van der Waals surface area contributed by atoms with Crippen LogP contribution in [0, 0.1) is 6.92 Å². The molecule has 268 valence electrons. The van der Waals surface area contributed by atoms with Crippen LogP contribution in [0.25, 0.3) is 10.9 Å². The summed E-state index contributed by atoms with van der Waals surface area (Å²) in [5, 5.41) is 0.972. The van der Waals surface area contributed by atoms with Crippen LogP contribution in [-0.4, -0.2) is 91.6 Å². The van der Waals surface area contributed by atoms with Crippen molar-refractivity contribution in [2.75, 3.05) is 57.8 Å². The van der Waals surface area contributed by atoms with Crippen molar-refractivity contribution < 1.29 is 17.9 Å². The highest BCUT2D eigenvalue weighted by atomic mass is 32.2. The lowest BCUT2D eigenvalue weighted by Crippen LogP contribution is -2.45. The molecular formula is C37H55N7O4S. The van der Waals surface area contributed by atoms with E-state index in [4.69, 9.17) is 4.74 Å². The van der Waals surface area contributed by atoms with E-state index in [0.29, 0.717) is 23.0 Å². The van der Waals surface area contributed by atoms with E-state index in [1.807, 2.05) is 55.8 Å². The predicted octanol–water partition coefficient (Wildman–Crippen LogP) is 5.55. The van der Waals surface area contributed by atoms with Gasteiger partial charge in [-0.2, -0.15) is 4.98 Å². The minimum absolute atomic E-state index is 0.00493. The molecule has 2 aromatic heterocycles. The Hall–Kier alpha value is -3.84. The van der Waals surface area contributed by atoms with Crippen molar-refractivity contribution in [2.45, 2.75) is 59.8 Å². The van der Waals surface area contributed by atoms with E-state index in [-0.39, 0.29) is 11.2 Å². The summed E-state index contributed by atoms with van der Waals surface area (Å²) in [6.07, 6.45) is 4.54. The number of carbonyl (C=O) groups is 1. The Kier molecular flexibility index (Phi) is 13.9. The number of ether oxygens (including phenoxy) is 1. The molecule has 49 heavy (non-hydrogen) atoms. The number of sulfonamides is 1. The Morgan fingerprint density at radius 2 is 1.71 bits per heavy atom. The van der Waals surface area contributed by atoms with E-state index in [2.05, 4.69) is 64.1 Å². The number of hydrogen-bond donors (Lipinski definition) is 2. The number of aryl methyl sites for hydroxylation is 2. The van der Waals surface area contributed by atoms with E-state index >= 15 is 0 Å². The zero-order valence-electron chi connectivity index (χ0n) is 30.9. The van der Waals surface area contributed by atoms with Gasteiger partial charge in [0.25, 0.3) is 0 Å². The van der Waals surface area contributed by atoms with E-state index < -0.39 is 10.0 Å². The molecule has 0 amide bonds. The van der Waals surface area contributed by atoms with Gasteiger partial charge in [0.05, 0.1) is 23.2 Å². The van der Waals surface area contributed by atoms with Crippen molar-refractivity contribution in [1.29, 1.82) is 0 Å². The van der Waals surface area contributed by atoms with Gasteiger partial charge in [0.1, 0.15) is 5.82 Å². The molecule has 2 aromatic carbocycles. The maximum atomic E-state index is 11.9. The zero-order chi connectivity index (χ0) is 36.5. The Bertz CT molecular complexity index is 1820. The van der Waals surface area contributed by atoms with Crippen LogP contribution in [0.1, 0.15) is 67.6 Å². The number of nitrogens with two attached hydrogens (primary N) is 1. The molecule has 11 nitrogen and oxygen atoms in total. The number of piperazine rings is 1. The molecular weight excluding hydrogens is 639 g/mol. The molecule has 0 atom stereocenters. The summed E-state index contributed by atoms with van der Waals surface area (Å²) < 4.78 is 33.5. The topological polar surface area (TPSA) is 136 Å². The first-order chi connectivity index (χ1) is 23.1. The number of Topliss-reactive ketones (excluding diaryl/α,β-unsaturated/α-hetero) is 1. The third-order valence-electron chi connectivity index (χ3n) is 8.51. The minimum atomic E-state index is -3.24. The number of anilines is 1. The number of nitrogens with one attached hydrogen (secondary N) is 1. The monoisotopic (exact) mass is 693 g/mol. The number of hydrogen-bond acceptors (Lipinski definition) is 9. The third-order valence-corrected chi connectivity index (χ3v) is 9.10. The van der Waals surface area contributed by atoms with Crippen molar-refractivity contribution in [1.82, 2.24) is 24.3 Å².